The van der Waals surface area contributed by atoms with Crippen molar-refractivity contribution in [2.75, 3.05) is 0 Å². The number of aromatic nitrogens is 1. The molecule has 0 aliphatic heterocycles. The van der Waals surface area contributed by atoms with Crippen LogP contribution in [0.15, 0.2) is 0 Å². The standard InChI is InChI=1S/C9H12F3NS/c1-5-13-6(9(10,11)12)7(14-5)8(2,3)4/h1-4H3. The number of aryl methyl sites for hydroxylation is 1. The molecule has 1 nitrogen and oxygen atoms in total. The first-order valence-electron chi connectivity index (χ1n) is 4.17. The van der Waals surface area contributed by atoms with E-state index in [-0.39, 0.29) is 0 Å². The summed E-state index contributed by atoms with van der Waals surface area (Å²) in [6.45, 7) is 6.87. The van der Waals surface area contributed by atoms with Crippen molar-refractivity contribution >= 4 is 11.3 Å². The van der Waals surface area contributed by atoms with E-state index >= 15 is 0 Å². The van der Waals surface area contributed by atoms with Gasteiger partial charge in [-0.1, -0.05) is 20.8 Å². The fourth-order valence-corrected chi connectivity index (χ4v) is 2.12. The van der Waals surface area contributed by atoms with Gasteiger partial charge in [-0.25, -0.2) is 4.98 Å². The van der Waals surface area contributed by atoms with Gasteiger partial charge in [0.15, 0.2) is 5.69 Å². The van der Waals surface area contributed by atoms with Crippen LogP contribution in [0.5, 0.6) is 0 Å². The third kappa shape index (κ3) is 2.26. The Labute approximate surface area is 85.0 Å². The SMILES string of the molecule is Cc1nc(C(F)(F)F)c(C(C)(C)C)s1. The second-order valence-corrected chi connectivity index (χ2v) is 5.36. The molecule has 0 unspecified atom stereocenters. The maximum Gasteiger partial charge on any atom is 0.434 e. The van der Waals surface area contributed by atoms with Crippen LogP contribution >= 0.6 is 11.3 Å². The van der Waals surface area contributed by atoms with Crippen molar-refractivity contribution in [2.45, 2.75) is 39.3 Å². The molecule has 0 aromatic carbocycles. The van der Waals surface area contributed by atoms with Crippen molar-refractivity contribution in [3.63, 3.8) is 0 Å². The molecule has 80 valence electrons. The summed E-state index contributed by atoms with van der Waals surface area (Å²) in [5.74, 6) is 0. The van der Waals surface area contributed by atoms with Crippen molar-refractivity contribution in [3.05, 3.63) is 15.6 Å². The van der Waals surface area contributed by atoms with Gasteiger partial charge in [-0.3, -0.25) is 0 Å². The normalized spacial score (nSPS) is 13.4. The Kier molecular flexibility index (Phi) is 2.65. The number of halogens is 3. The third-order valence-electron chi connectivity index (χ3n) is 1.68. The molecule has 14 heavy (non-hydrogen) atoms. The molecular formula is C9H12F3NS. The van der Waals surface area contributed by atoms with E-state index in [1.54, 1.807) is 27.7 Å². The molecule has 0 saturated heterocycles. The van der Waals surface area contributed by atoms with Crippen LogP contribution in [0.3, 0.4) is 0 Å². The maximum atomic E-state index is 12.5. The predicted octanol–water partition coefficient (Wildman–Crippen LogP) is 3.77. The van der Waals surface area contributed by atoms with Crippen molar-refractivity contribution < 1.29 is 13.2 Å². The maximum absolute atomic E-state index is 12.5. The fraction of sp³-hybridized carbons (Fsp3) is 0.667. The van der Waals surface area contributed by atoms with Crippen molar-refractivity contribution in [3.8, 4) is 0 Å². The second kappa shape index (κ2) is 3.22. The summed E-state index contributed by atoms with van der Waals surface area (Å²) in [6, 6.07) is 0. The summed E-state index contributed by atoms with van der Waals surface area (Å²) in [6.07, 6.45) is -4.34. The van der Waals surface area contributed by atoms with Crippen LogP contribution in [0.1, 0.15) is 36.3 Å². The highest BCUT2D eigenvalue weighted by Gasteiger charge is 2.39. The lowest BCUT2D eigenvalue weighted by Gasteiger charge is -2.18. The van der Waals surface area contributed by atoms with Crippen molar-refractivity contribution in [2.24, 2.45) is 0 Å². The van der Waals surface area contributed by atoms with E-state index in [2.05, 4.69) is 4.98 Å². The lowest BCUT2D eigenvalue weighted by molar-refractivity contribution is -0.141. The molecule has 0 bridgehead atoms. The molecule has 0 N–H and O–H groups in total. The van der Waals surface area contributed by atoms with Crippen LogP contribution in [0, 0.1) is 6.92 Å². The summed E-state index contributed by atoms with van der Waals surface area (Å²) >= 11 is 1.12. The number of nitrogens with zero attached hydrogens (tertiary/aromatic N) is 1. The van der Waals surface area contributed by atoms with Gasteiger partial charge in [-0.2, -0.15) is 13.2 Å². The van der Waals surface area contributed by atoms with Crippen LogP contribution in [0.2, 0.25) is 0 Å². The van der Waals surface area contributed by atoms with E-state index in [0.29, 0.717) is 9.88 Å². The van der Waals surface area contributed by atoms with Gasteiger partial charge in [0, 0.05) is 4.88 Å². The molecule has 1 aromatic heterocycles. The second-order valence-electron chi connectivity index (χ2n) is 4.16. The highest BCUT2D eigenvalue weighted by molar-refractivity contribution is 7.11. The summed E-state index contributed by atoms with van der Waals surface area (Å²) < 4.78 is 37.6. The number of hydrogen-bond acceptors (Lipinski definition) is 2. The quantitative estimate of drug-likeness (QED) is 0.652. The van der Waals surface area contributed by atoms with Gasteiger partial charge in [-0.05, 0) is 12.3 Å². The van der Waals surface area contributed by atoms with Crippen molar-refractivity contribution in [1.29, 1.82) is 0 Å². The number of alkyl halides is 3. The van der Waals surface area contributed by atoms with Crippen LogP contribution < -0.4 is 0 Å². The Morgan fingerprint density at radius 3 is 1.93 bits per heavy atom. The summed E-state index contributed by atoms with van der Waals surface area (Å²) in [4.78, 5) is 3.85. The average Bonchev–Trinajstić information content (AvgIpc) is 2.27. The smallest absolute Gasteiger partial charge is 0.237 e. The molecule has 0 fully saturated rings. The molecule has 0 spiro atoms. The Morgan fingerprint density at radius 2 is 1.64 bits per heavy atom. The van der Waals surface area contributed by atoms with Gasteiger partial charge in [0.1, 0.15) is 0 Å². The number of hydrogen-bond donors (Lipinski definition) is 0. The van der Waals surface area contributed by atoms with E-state index in [0.717, 1.165) is 11.3 Å². The molecule has 1 heterocycles. The molecule has 1 aromatic rings. The largest absolute Gasteiger partial charge is 0.434 e. The van der Waals surface area contributed by atoms with E-state index in [4.69, 9.17) is 0 Å². The Morgan fingerprint density at radius 1 is 1.14 bits per heavy atom. The Hall–Kier alpha value is -0.580. The minimum Gasteiger partial charge on any atom is -0.237 e. The summed E-state index contributed by atoms with van der Waals surface area (Å²) in [5.41, 5.74) is -1.23. The first kappa shape index (κ1) is 11.5. The monoisotopic (exact) mass is 223 g/mol. The average molecular weight is 223 g/mol. The molecule has 5 heteroatoms. The van der Waals surface area contributed by atoms with Crippen LogP contribution in [0.25, 0.3) is 0 Å². The highest BCUT2D eigenvalue weighted by Crippen LogP contribution is 2.40. The third-order valence-corrected chi connectivity index (χ3v) is 3.08. The molecule has 0 aliphatic rings. The number of thiazole rings is 1. The van der Waals surface area contributed by atoms with Gasteiger partial charge in [0.2, 0.25) is 0 Å². The van der Waals surface area contributed by atoms with Gasteiger partial charge in [0.25, 0.3) is 0 Å². The predicted molar refractivity (Wildman–Crippen MR) is 50.6 cm³/mol. The minimum atomic E-state index is -4.34. The zero-order valence-corrected chi connectivity index (χ0v) is 9.31. The van der Waals surface area contributed by atoms with Crippen LogP contribution in [0.4, 0.5) is 13.2 Å². The molecular weight excluding hydrogens is 211 g/mol. The Bertz CT molecular complexity index is 301. The topological polar surface area (TPSA) is 12.9 Å². The minimum absolute atomic E-state index is 0.308. The van der Waals surface area contributed by atoms with E-state index in [1.807, 2.05) is 0 Å². The molecule has 0 saturated carbocycles. The van der Waals surface area contributed by atoms with Crippen LogP contribution in [-0.4, -0.2) is 4.98 Å². The highest BCUT2D eigenvalue weighted by atomic mass is 32.1. The summed E-state index contributed by atoms with van der Waals surface area (Å²) in [5, 5.41) is 0.460. The molecule has 0 radical (unpaired) electrons. The lowest BCUT2D eigenvalue weighted by atomic mass is 9.93. The van der Waals surface area contributed by atoms with Crippen molar-refractivity contribution in [1.82, 2.24) is 4.98 Å². The fourth-order valence-electron chi connectivity index (χ4n) is 1.13. The Balaban J connectivity index is 3.31. The van der Waals surface area contributed by atoms with E-state index in [9.17, 15) is 13.2 Å². The zero-order valence-electron chi connectivity index (χ0n) is 8.49. The van der Waals surface area contributed by atoms with Crippen LogP contribution in [-0.2, 0) is 11.6 Å². The van der Waals surface area contributed by atoms with E-state index < -0.39 is 17.3 Å². The zero-order chi connectivity index (χ0) is 11.1. The van der Waals surface area contributed by atoms with Gasteiger partial charge in [-0.15, -0.1) is 11.3 Å². The van der Waals surface area contributed by atoms with Gasteiger partial charge in [0.05, 0.1) is 5.01 Å². The van der Waals surface area contributed by atoms with Gasteiger partial charge < -0.3 is 0 Å². The van der Waals surface area contributed by atoms with E-state index in [1.165, 1.54) is 0 Å². The first-order valence-corrected chi connectivity index (χ1v) is 4.99. The molecule has 0 amide bonds. The first-order chi connectivity index (χ1) is 6.12. The lowest BCUT2D eigenvalue weighted by Crippen LogP contribution is -2.17. The molecule has 1 rings (SSSR count). The number of rotatable bonds is 0. The summed E-state index contributed by atoms with van der Waals surface area (Å²) in [7, 11) is 0. The molecule has 0 atom stereocenters. The molecule has 0 aliphatic carbocycles. The van der Waals surface area contributed by atoms with Gasteiger partial charge >= 0.3 is 6.18 Å².